The Hall–Kier alpha value is -2.14. The molecule has 0 atom stereocenters. The van der Waals surface area contributed by atoms with Crippen molar-refractivity contribution in [2.45, 2.75) is 13.8 Å². The number of benzene rings is 2. The maximum atomic E-state index is 6.01. The fourth-order valence-corrected chi connectivity index (χ4v) is 3.65. The van der Waals surface area contributed by atoms with Crippen molar-refractivity contribution in [3.8, 4) is 16.3 Å². The maximum absolute atomic E-state index is 6.01. The van der Waals surface area contributed by atoms with Crippen molar-refractivity contribution in [2.24, 2.45) is 0 Å². The average molecular weight is 314 g/mol. The summed E-state index contributed by atoms with van der Waals surface area (Å²) in [4.78, 5) is 5.90. The van der Waals surface area contributed by atoms with E-state index >= 15 is 0 Å². The van der Waals surface area contributed by atoms with Gasteiger partial charge >= 0.3 is 0 Å². The highest BCUT2D eigenvalue weighted by molar-refractivity contribution is 7.21. The van der Waals surface area contributed by atoms with E-state index in [2.05, 4.69) is 36.6 Å². The van der Waals surface area contributed by atoms with E-state index in [1.54, 1.807) is 18.4 Å². The number of anilines is 1. The number of aromatic nitrogens is 1. The molecule has 1 aliphatic heterocycles. The van der Waals surface area contributed by atoms with E-state index in [1.165, 1.54) is 10.2 Å². The second-order valence-electron chi connectivity index (χ2n) is 5.10. The molecule has 0 aromatic heterocycles. The maximum Gasteiger partial charge on any atom is 0.201 e. The van der Waals surface area contributed by atoms with Crippen LogP contribution < -0.4 is 20.4 Å². The molecule has 5 heteroatoms. The monoisotopic (exact) mass is 314 g/mol. The van der Waals surface area contributed by atoms with E-state index in [0.29, 0.717) is 11.4 Å². The Kier molecular flexibility index (Phi) is 3.98. The molecule has 3 rings (SSSR count). The van der Waals surface area contributed by atoms with Gasteiger partial charge in [-0.2, -0.15) is 0 Å². The summed E-state index contributed by atoms with van der Waals surface area (Å²) in [5.74, 6) is 0.673. The number of nitrogen functional groups attached to an aromatic ring is 1. The summed E-state index contributed by atoms with van der Waals surface area (Å²) >= 11 is 1.71. The van der Waals surface area contributed by atoms with Gasteiger partial charge in [0.2, 0.25) is 5.36 Å². The molecule has 22 heavy (non-hydrogen) atoms. The molecule has 0 unspecified atom stereocenters. The molecule has 1 heterocycles. The molecule has 4 nitrogen and oxygen atoms in total. The Morgan fingerprint density at radius 1 is 1.18 bits per heavy atom. The summed E-state index contributed by atoms with van der Waals surface area (Å²) in [6.07, 6.45) is 0. The van der Waals surface area contributed by atoms with Crippen molar-refractivity contribution in [3.05, 3.63) is 35.7 Å². The van der Waals surface area contributed by atoms with Crippen LogP contribution in [0.5, 0.6) is 5.75 Å². The molecular formula is C17H20N3OS+. The zero-order valence-electron chi connectivity index (χ0n) is 13.1. The molecule has 1 aromatic carbocycles. The van der Waals surface area contributed by atoms with Crippen molar-refractivity contribution in [1.29, 1.82) is 0 Å². The lowest BCUT2D eigenvalue weighted by atomic mass is 10.2. The normalized spacial score (nSPS) is 11.0. The Balaban J connectivity index is 2.29. The first kappa shape index (κ1) is 14.8. The molecule has 0 bridgehead atoms. The highest BCUT2D eigenvalue weighted by Gasteiger charge is 2.11. The number of methoxy groups -OCH3 is 1. The number of ether oxygens (including phenoxy) is 1. The quantitative estimate of drug-likeness (QED) is 0.459. The minimum atomic E-state index is 0.646. The molecule has 1 aliphatic carbocycles. The second-order valence-corrected chi connectivity index (χ2v) is 6.18. The van der Waals surface area contributed by atoms with Crippen LogP contribution in [0.1, 0.15) is 13.8 Å². The van der Waals surface area contributed by atoms with Gasteiger partial charge < -0.3 is 10.5 Å². The molecule has 0 amide bonds. The van der Waals surface area contributed by atoms with Gasteiger partial charge in [-0.3, -0.25) is 0 Å². The Bertz CT molecular complexity index is 864. The standard InChI is InChI=1S/C17H19N3OS/c1-4-20(5-2)11-6-7-13-16(8-11)22-17-9-12(18)15(21-3)10-14(17)19-13/h6-10,18H,4-5H2,1-3H3/p+1. The van der Waals surface area contributed by atoms with Crippen molar-refractivity contribution >= 4 is 27.2 Å². The topological polar surface area (TPSA) is 51.2 Å². The van der Waals surface area contributed by atoms with Crippen molar-refractivity contribution in [3.63, 3.8) is 0 Å². The summed E-state index contributed by atoms with van der Waals surface area (Å²) in [7, 11) is 1.62. The van der Waals surface area contributed by atoms with E-state index in [-0.39, 0.29) is 0 Å². The smallest absolute Gasteiger partial charge is 0.201 e. The molecule has 0 fully saturated rings. The molecular weight excluding hydrogens is 294 g/mol. The Labute approximate surface area is 133 Å². The largest absolute Gasteiger partial charge is 0.495 e. The van der Waals surface area contributed by atoms with Gasteiger partial charge in [0.05, 0.1) is 33.6 Å². The van der Waals surface area contributed by atoms with Gasteiger partial charge in [0, 0.05) is 18.2 Å². The van der Waals surface area contributed by atoms with Crippen LogP contribution in [-0.2, 0) is 0 Å². The van der Waals surface area contributed by atoms with Crippen molar-refractivity contribution in [1.82, 2.24) is 9.56 Å². The van der Waals surface area contributed by atoms with Crippen LogP contribution in [0.4, 0.5) is 5.69 Å². The zero-order valence-corrected chi connectivity index (χ0v) is 13.9. The number of hydrogen-bond donors (Lipinski definition) is 1. The van der Waals surface area contributed by atoms with E-state index in [9.17, 15) is 0 Å². The molecule has 0 spiro atoms. The van der Waals surface area contributed by atoms with Crippen molar-refractivity contribution < 1.29 is 4.74 Å². The predicted octanol–water partition coefficient (Wildman–Crippen LogP) is 2.80. The average Bonchev–Trinajstić information content (AvgIpc) is 2.53. The van der Waals surface area contributed by atoms with Gasteiger partial charge in [-0.25, -0.2) is 9.56 Å². The first-order chi connectivity index (χ1) is 10.7. The van der Waals surface area contributed by atoms with Gasteiger partial charge in [-0.05, 0) is 26.0 Å². The van der Waals surface area contributed by atoms with E-state index in [0.717, 1.165) is 29.0 Å². The van der Waals surface area contributed by atoms with Crippen LogP contribution in [0.3, 0.4) is 0 Å². The molecule has 114 valence electrons. The van der Waals surface area contributed by atoms with Gasteiger partial charge in [0.25, 0.3) is 0 Å². The summed E-state index contributed by atoms with van der Waals surface area (Å²) in [6.45, 7) is 6.33. The van der Waals surface area contributed by atoms with E-state index < -0.39 is 0 Å². The SMILES string of the molecule is CC[N+](CC)=c1ccc2nc3cc(OC)c(N)cc3sc-2c1. The third-order valence-electron chi connectivity index (χ3n) is 3.84. The molecule has 1 aromatic rings. The van der Waals surface area contributed by atoms with E-state index in [4.69, 9.17) is 15.5 Å². The second kappa shape index (κ2) is 5.93. The first-order valence-corrected chi connectivity index (χ1v) is 8.24. The van der Waals surface area contributed by atoms with Crippen LogP contribution in [-0.4, -0.2) is 25.2 Å². The molecule has 0 saturated heterocycles. The summed E-state index contributed by atoms with van der Waals surface area (Å²) in [5.41, 5.74) is 8.57. The van der Waals surface area contributed by atoms with Crippen LogP contribution in [0.25, 0.3) is 20.8 Å². The van der Waals surface area contributed by atoms with Crippen LogP contribution in [0.2, 0.25) is 0 Å². The molecule has 2 N–H and O–H groups in total. The predicted molar refractivity (Wildman–Crippen MR) is 93.6 cm³/mol. The van der Waals surface area contributed by atoms with Gasteiger partial charge in [0.15, 0.2) is 0 Å². The van der Waals surface area contributed by atoms with Crippen LogP contribution >= 0.6 is 11.3 Å². The summed E-state index contributed by atoms with van der Waals surface area (Å²) in [6, 6.07) is 10.3. The highest BCUT2D eigenvalue weighted by atomic mass is 32.1. The highest BCUT2D eigenvalue weighted by Crippen LogP contribution is 2.34. The molecule has 2 aliphatic rings. The summed E-state index contributed by atoms with van der Waals surface area (Å²) < 4.78 is 8.68. The van der Waals surface area contributed by atoms with Crippen LogP contribution in [0.15, 0.2) is 30.3 Å². The Morgan fingerprint density at radius 3 is 2.64 bits per heavy atom. The lowest BCUT2D eigenvalue weighted by Crippen LogP contribution is -2.29. The number of fused-ring (bicyclic) bond motifs is 2. The molecule has 0 radical (unpaired) electrons. The number of rotatable bonds is 3. The van der Waals surface area contributed by atoms with Crippen LogP contribution in [0, 0.1) is 0 Å². The minimum absolute atomic E-state index is 0.646. The number of nitrogens with two attached hydrogens (primary N) is 1. The fourth-order valence-electron chi connectivity index (χ4n) is 2.62. The number of hydrogen-bond acceptors (Lipinski definition) is 4. The fraction of sp³-hybridized carbons (Fsp3) is 0.294. The van der Waals surface area contributed by atoms with Gasteiger partial charge in [-0.1, -0.05) is 0 Å². The first-order valence-electron chi connectivity index (χ1n) is 7.42. The zero-order chi connectivity index (χ0) is 15.7. The molecule has 0 saturated carbocycles. The summed E-state index contributed by atoms with van der Waals surface area (Å²) in [5, 5.41) is 1.23. The van der Waals surface area contributed by atoms with E-state index in [1.807, 2.05) is 12.1 Å². The van der Waals surface area contributed by atoms with Gasteiger partial charge in [-0.15, -0.1) is 11.3 Å². The lowest BCUT2D eigenvalue weighted by Gasteiger charge is -2.09. The number of nitrogens with zero attached hydrogens (tertiary/aromatic N) is 2. The third-order valence-corrected chi connectivity index (χ3v) is 4.94. The Morgan fingerprint density at radius 2 is 1.95 bits per heavy atom. The van der Waals surface area contributed by atoms with Gasteiger partial charge in [0.1, 0.15) is 18.8 Å². The third kappa shape index (κ3) is 2.52. The van der Waals surface area contributed by atoms with Crippen molar-refractivity contribution in [2.75, 3.05) is 25.9 Å². The minimum Gasteiger partial charge on any atom is -0.495 e. The lowest BCUT2D eigenvalue weighted by molar-refractivity contribution is 0.417.